The second kappa shape index (κ2) is 13.7. The summed E-state index contributed by atoms with van der Waals surface area (Å²) < 4.78 is 16.9. The number of benzene rings is 3. The number of anilines is 1. The van der Waals surface area contributed by atoms with Crippen molar-refractivity contribution in [3.05, 3.63) is 82.9 Å². The average molecular weight is 510 g/mol. The summed E-state index contributed by atoms with van der Waals surface area (Å²) >= 11 is 5.86. The van der Waals surface area contributed by atoms with Gasteiger partial charge in [-0.3, -0.25) is 9.59 Å². The zero-order chi connectivity index (χ0) is 25.8. The molecule has 3 aromatic carbocycles. The molecule has 0 aliphatic rings. The summed E-state index contributed by atoms with van der Waals surface area (Å²) in [6, 6.07) is 18.8. The van der Waals surface area contributed by atoms with E-state index in [1.165, 1.54) is 6.21 Å². The molecule has 0 bridgehead atoms. The molecule has 0 heterocycles. The topological polar surface area (TPSA) is 98.3 Å². The monoisotopic (exact) mass is 509 g/mol. The van der Waals surface area contributed by atoms with Crippen molar-refractivity contribution < 1.29 is 23.8 Å². The highest BCUT2D eigenvalue weighted by Crippen LogP contribution is 2.28. The lowest BCUT2D eigenvalue weighted by Gasteiger charge is -2.12. The molecule has 0 spiro atoms. The highest BCUT2D eigenvalue weighted by molar-refractivity contribution is 6.30. The van der Waals surface area contributed by atoms with Crippen LogP contribution in [0.4, 0.5) is 5.69 Å². The first-order valence-corrected chi connectivity index (χ1v) is 11.9. The third-order valence-electron chi connectivity index (χ3n) is 4.74. The van der Waals surface area contributed by atoms with Crippen molar-refractivity contribution in [2.45, 2.75) is 20.3 Å². The third kappa shape index (κ3) is 8.02. The van der Waals surface area contributed by atoms with Crippen molar-refractivity contribution in [2.24, 2.45) is 5.10 Å². The summed E-state index contributed by atoms with van der Waals surface area (Å²) in [5, 5.41) is 7.35. The lowest BCUT2D eigenvalue weighted by molar-refractivity contribution is -0.118. The molecule has 9 heteroatoms. The summed E-state index contributed by atoms with van der Waals surface area (Å²) in [7, 11) is 0. The molecule has 0 fully saturated rings. The van der Waals surface area contributed by atoms with Crippen molar-refractivity contribution in [3.8, 4) is 17.2 Å². The van der Waals surface area contributed by atoms with Gasteiger partial charge in [-0.05, 0) is 67.9 Å². The van der Waals surface area contributed by atoms with Crippen LogP contribution in [0.1, 0.15) is 36.2 Å². The number of carbonyl (C=O) groups excluding carboxylic acids is 2. The van der Waals surface area contributed by atoms with E-state index in [1.807, 2.05) is 13.8 Å². The fourth-order valence-electron chi connectivity index (χ4n) is 3.07. The highest BCUT2D eigenvalue weighted by atomic mass is 35.5. The number of nitrogens with zero attached hydrogens (tertiary/aromatic N) is 1. The Morgan fingerprint density at radius 2 is 1.69 bits per heavy atom. The van der Waals surface area contributed by atoms with Crippen LogP contribution in [0.3, 0.4) is 0 Å². The molecule has 0 aliphatic heterocycles. The Bertz CT molecular complexity index is 1200. The Hall–Kier alpha value is -4.04. The zero-order valence-corrected chi connectivity index (χ0v) is 20.9. The lowest BCUT2D eigenvalue weighted by atomic mass is 10.2. The van der Waals surface area contributed by atoms with Crippen molar-refractivity contribution in [3.63, 3.8) is 0 Å². The minimum Gasteiger partial charge on any atom is -0.490 e. The fraction of sp³-hybridized carbons (Fsp3) is 0.222. The number of hydrazone groups is 1. The van der Waals surface area contributed by atoms with Gasteiger partial charge in [0, 0.05) is 21.8 Å². The van der Waals surface area contributed by atoms with Crippen LogP contribution in [-0.2, 0) is 4.79 Å². The molecule has 2 N–H and O–H groups in total. The fourth-order valence-corrected chi connectivity index (χ4v) is 3.19. The maximum Gasteiger partial charge on any atom is 0.271 e. The van der Waals surface area contributed by atoms with Gasteiger partial charge in [-0.1, -0.05) is 30.7 Å². The highest BCUT2D eigenvalue weighted by Gasteiger charge is 2.12. The quantitative estimate of drug-likeness (QED) is 0.255. The van der Waals surface area contributed by atoms with Crippen LogP contribution < -0.4 is 25.0 Å². The predicted octanol–water partition coefficient (Wildman–Crippen LogP) is 5.31. The maximum absolute atomic E-state index is 12.6. The van der Waals surface area contributed by atoms with Crippen LogP contribution in [0, 0.1) is 0 Å². The molecule has 0 aliphatic carbocycles. The smallest absolute Gasteiger partial charge is 0.271 e. The molecule has 3 rings (SSSR count). The van der Waals surface area contributed by atoms with E-state index in [-0.39, 0.29) is 12.5 Å². The van der Waals surface area contributed by atoms with E-state index in [9.17, 15) is 9.59 Å². The van der Waals surface area contributed by atoms with Crippen LogP contribution in [0.2, 0.25) is 5.02 Å². The first kappa shape index (κ1) is 26.6. The van der Waals surface area contributed by atoms with E-state index in [1.54, 1.807) is 66.7 Å². The van der Waals surface area contributed by atoms with E-state index < -0.39 is 5.91 Å². The van der Waals surface area contributed by atoms with Gasteiger partial charge in [0.05, 0.1) is 19.4 Å². The SMILES string of the molecule is CCCOc1ccc(C(=O)N/N=C/c2ccccc2OCC(=O)Nc2ccc(Cl)cc2)cc1OCC. The number of halogens is 1. The standard InChI is InChI=1S/C27H28ClN3O5/c1-3-15-35-24-14-9-19(16-25(24)34-4-2)27(33)31-29-17-20-7-5-6-8-23(20)36-18-26(32)30-22-12-10-21(28)11-13-22/h5-14,16-17H,3-4,15,18H2,1-2H3,(H,30,32)(H,31,33)/b29-17+. The number of para-hydroxylation sites is 1. The van der Waals surface area contributed by atoms with Gasteiger partial charge in [-0.15, -0.1) is 0 Å². The summed E-state index contributed by atoms with van der Waals surface area (Å²) in [4.78, 5) is 24.8. The molecule has 36 heavy (non-hydrogen) atoms. The van der Waals surface area contributed by atoms with E-state index in [2.05, 4.69) is 15.8 Å². The summed E-state index contributed by atoms with van der Waals surface area (Å²) in [5.74, 6) is 0.796. The first-order chi connectivity index (χ1) is 17.5. The predicted molar refractivity (Wildman–Crippen MR) is 140 cm³/mol. The molecule has 0 unspecified atom stereocenters. The molecule has 8 nitrogen and oxygen atoms in total. The molecule has 0 saturated carbocycles. The average Bonchev–Trinajstić information content (AvgIpc) is 2.89. The lowest BCUT2D eigenvalue weighted by Crippen LogP contribution is -2.20. The molecular weight excluding hydrogens is 482 g/mol. The van der Waals surface area contributed by atoms with E-state index >= 15 is 0 Å². The summed E-state index contributed by atoms with van der Waals surface area (Å²) in [6.07, 6.45) is 2.31. The molecule has 3 aromatic rings. The number of hydrogen-bond donors (Lipinski definition) is 2. The summed E-state index contributed by atoms with van der Waals surface area (Å²) in [5.41, 5.74) is 4.08. The molecule has 188 valence electrons. The molecular formula is C27H28ClN3O5. The number of carbonyl (C=O) groups is 2. The van der Waals surface area contributed by atoms with Crippen LogP contribution in [0.5, 0.6) is 17.2 Å². The largest absolute Gasteiger partial charge is 0.490 e. The number of amides is 2. The first-order valence-electron chi connectivity index (χ1n) is 11.5. The van der Waals surface area contributed by atoms with Gasteiger partial charge in [0.15, 0.2) is 18.1 Å². The van der Waals surface area contributed by atoms with Gasteiger partial charge >= 0.3 is 0 Å². The van der Waals surface area contributed by atoms with Crippen molar-refractivity contribution in [1.82, 2.24) is 5.43 Å². The Morgan fingerprint density at radius 1 is 0.917 bits per heavy atom. The van der Waals surface area contributed by atoms with Gasteiger partial charge in [-0.25, -0.2) is 5.43 Å². The van der Waals surface area contributed by atoms with Crippen molar-refractivity contribution in [2.75, 3.05) is 25.1 Å². The van der Waals surface area contributed by atoms with Gasteiger partial charge in [0.1, 0.15) is 5.75 Å². The van der Waals surface area contributed by atoms with Crippen LogP contribution in [0.15, 0.2) is 71.8 Å². The number of rotatable bonds is 12. The summed E-state index contributed by atoms with van der Waals surface area (Å²) in [6.45, 7) is 4.67. The molecule has 0 saturated heterocycles. The minimum absolute atomic E-state index is 0.202. The van der Waals surface area contributed by atoms with Gasteiger partial charge in [0.25, 0.3) is 11.8 Å². The van der Waals surface area contributed by atoms with Gasteiger partial charge in [-0.2, -0.15) is 5.10 Å². The molecule has 0 radical (unpaired) electrons. The Labute approximate surface area is 215 Å². The normalized spacial score (nSPS) is 10.6. The molecule has 0 aromatic heterocycles. The second-order valence-corrected chi connectivity index (χ2v) is 7.96. The van der Waals surface area contributed by atoms with Crippen LogP contribution >= 0.6 is 11.6 Å². The van der Waals surface area contributed by atoms with E-state index in [4.69, 9.17) is 25.8 Å². The number of hydrogen-bond acceptors (Lipinski definition) is 6. The van der Waals surface area contributed by atoms with Crippen molar-refractivity contribution >= 4 is 35.3 Å². The second-order valence-electron chi connectivity index (χ2n) is 7.52. The zero-order valence-electron chi connectivity index (χ0n) is 20.1. The minimum atomic E-state index is -0.407. The third-order valence-corrected chi connectivity index (χ3v) is 4.99. The van der Waals surface area contributed by atoms with Crippen LogP contribution in [-0.4, -0.2) is 37.8 Å². The van der Waals surface area contributed by atoms with E-state index in [0.29, 0.717) is 52.3 Å². The molecule has 2 amide bonds. The maximum atomic E-state index is 12.6. The Balaban J connectivity index is 1.59. The van der Waals surface area contributed by atoms with Crippen LogP contribution in [0.25, 0.3) is 0 Å². The number of nitrogens with one attached hydrogen (secondary N) is 2. The van der Waals surface area contributed by atoms with Gasteiger partial charge in [0.2, 0.25) is 0 Å². The Morgan fingerprint density at radius 3 is 2.44 bits per heavy atom. The van der Waals surface area contributed by atoms with Crippen molar-refractivity contribution in [1.29, 1.82) is 0 Å². The number of ether oxygens (including phenoxy) is 3. The van der Waals surface area contributed by atoms with E-state index in [0.717, 1.165) is 6.42 Å². The Kier molecular flexibility index (Phi) is 10.1. The molecule has 0 atom stereocenters. The van der Waals surface area contributed by atoms with Gasteiger partial charge < -0.3 is 19.5 Å².